The SMILES string of the molecule is Cc1ccc(C(C(=O)NC2CCCCC2)N(C(=O)CNC(=O)c2ccco2)c2cccc(F)c2)o1. The normalized spacial score (nSPS) is 14.8. The molecule has 0 saturated heterocycles. The number of aryl methyl sites for hydroxylation is 1. The van der Waals surface area contributed by atoms with Crippen molar-refractivity contribution in [2.45, 2.75) is 51.1 Å². The third-order valence-electron chi connectivity index (χ3n) is 5.99. The Morgan fingerprint density at radius 2 is 1.89 bits per heavy atom. The van der Waals surface area contributed by atoms with E-state index in [1.165, 1.54) is 41.5 Å². The van der Waals surface area contributed by atoms with Gasteiger partial charge in [0.25, 0.3) is 11.8 Å². The monoisotopic (exact) mass is 481 g/mol. The van der Waals surface area contributed by atoms with E-state index in [0.717, 1.165) is 32.1 Å². The molecule has 35 heavy (non-hydrogen) atoms. The molecule has 0 spiro atoms. The van der Waals surface area contributed by atoms with Gasteiger partial charge in [-0.15, -0.1) is 0 Å². The van der Waals surface area contributed by atoms with Gasteiger partial charge in [-0.2, -0.15) is 0 Å². The van der Waals surface area contributed by atoms with Gasteiger partial charge in [0, 0.05) is 11.7 Å². The fraction of sp³-hybridized carbons (Fsp3) is 0.346. The van der Waals surface area contributed by atoms with Crippen LogP contribution in [-0.2, 0) is 9.59 Å². The summed E-state index contributed by atoms with van der Waals surface area (Å²) < 4.78 is 25.0. The molecule has 2 heterocycles. The maximum absolute atomic E-state index is 14.2. The molecule has 1 saturated carbocycles. The Bertz CT molecular complexity index is 1170. The number of amides is 3. The molecular weight excluding hydrogens is 453 g/mol. The highest BCUT2D eigenvalue weighted by molar-refractivity contribution is 6.04. The molecule has 0 radical (unpaired) electrons. The van der Waals surface area contributed by atoms with Crippen molar-refractivity contribution in [3.05, 3.63) is 77.9 Å². The smallest absolute Gasteiger partial charge is 0.287 e. The zero-order valence-electron chi connectivity index (χ0n) is 19.5. The fourth-order valence-electron chi connectivity index (χ4n) is 4.30. The van der Waals surface area contributed by atoms with Crippen LogP contribution < -0.4 is 15.5 Å². The molecule has 1 unspecified atom stereocenters. The topological polar surface area (TPSA) is 105 Å². The molecule has 1 fully saturated rings. The Labute approximate surface area is 202 Å². The predicted octanol–water partition coefficient (Wildman–Crippen LogP) is 4.27. The molecule has 3 aromatic rings. The second kappa shape index (κ2) is 11.0. The van der Waals surface area contributed by atoms with Gasteiger partial charge in [-0.05, 0) is 62.2 Å². The van der Waals surface area contributed by atoms with Gasteiger partial charge in [0.15, 0.2) is 11.8 Å². The second-order valence-electron chi connectivity index (χ2n) is 8.60. The molecular formula is C26H28FN3O5. The lowest BCUT2D eigenvalue weighted by molar-refractivity contribution is -0.127. The molecule has 1 aliphatic rings. The number of hydrogen-bond acceptors (Lipinski definition) is 5. The number of anilines is 1. The van der Waals surface area contributed by atoms with Crippen LogP contribution in [0.1, 0.15) is 60.2 Å². The standard InChI is InChI=1S/C26H28FN3O5/c1-17-12-13-21(35-17)24(26(33)29-19-8-3-2-4-9-19)30(20-10-5-7-18(27)15-20)23(31)16-28-25(32)22-11-6-14-34-22/h5-7,10-15,19,24H,2-4,8-9,16H2,1H3,(H,28,32)(H,29,33). The van der Waals surface area contributed by atoms with Crippen molar-refractivity contribution in [2.75, 3.05) is 11.4 Å². The van der Waals surface area contributed by atoms with Crippen molar-refractivity contribution < 1.29 is 27.6 Å². The van der Waals surface area contributed by atoms with Crippen molar-refractivity contribution in [2.24, 2.45) is 0 Å². The lowest BCUT2D eigenvalue weighted by Crippen LogP contribution is -2.49. The number of hydrogen-bond donors (Lipinski definition) is 2. The van der Waals surface area contributed by atoms with Gasteiger partial charge in [-0.3, -0.25) is 19.3 Å². The quantitative estimate of drug-likeness (QED) is 0.500. The summed E-state index contributed by atoms with van der Waals surface area (Å²) in [5.41, 5.74) is 0.167. The van der Waals surface area contributed by atoms with Gasteiger partial charge >= 0.3 is 0 Å². The minimum absolute atomic E-state index is 0.0158. The van der Waals surface area contributed by atoms with E-state index in [-0.39, 0.29) is 23.2 Å². The van der Waals surface area contributed by atoms with E-state index in [1.54, 1.807) is 25.1 Å². The van der Waals surface area contributed by atoms with Gasteiger partial charge in [0.2, 0.25) is 5.91 Å². The number of rotatable bonds is 8. The van der Waals surface area contributed by atoms with E-state index in [9.17, 15) is 18.8 Å². The highest BCUT2D eigenvalue weighted by Gasteiger charge is 2.36. The molecule has 1 atom stereocenters. The highest BCUT2D eigenvalue weighted by atomic mass is 19.1. The lowest BCUT2D eigenvalue weighted by atomic mass is 9.95. The molecule has 8 nitrogen and oxygen atoms in total. The molecule has 2 aromatic heterocycles. The molecule has 0 aliphatic heterocycles. The van der Waals surface area contributed by atoms with E-state index in [0.29, 0.717) is 5.76 Å². The summed E-state index contributed by atoms with van der Waals surface area (Å²) in [6.07, 6.45) is 6.20. The van der Waals surface area contributed by atoms with Gasteiger partial charge in [0.05, 0.1) is 12.8 Å². The van der Waals surface area contributed by atoms with E-state index in [1.807, 2.05) is 0 Å². The summed E-state index contributed by atoms with van der Waals surface area (Å²) in [6, 6.07) is 10.5. The first kappa shape index (κ1) is 24.3. The van der Waals surface area contributed by atoms with Crippen molar-refractivity contribution in [1.29, 1.82) is 0 Å². The summed E-state index contributed by atoms with van der Waals surface area (Å²) in [6.45, 7) is 1.29. The zero-order valence-corrected chi connectivity index (χ0v) is 19.5. The van der Waals surface area contributed by atoms with E-state index < -0.39 is 36.1 Å². The predicted molar refractivity (Wildman–Crippen MR) is 126 cm³/mol. The molecule has 0 bridgehead atoms. The average Bonchev–Trinajstić information content (AvgIpc) is 3.53. The first-order valence-corrected chi connectivity index (χ1v) is 11.7. The van der Waals surface area contributed by atoms with Crippen LogP contribution in [0.2, 0.25) is 0 Å². The van der Waals surface area contributed by atoms with E-state index >= 15 is 0 Å². The Morgan fingerprint density at radius 1 is 1.09 bits per heavy atom. The third-order valence-corrected chi connectivity index (χ3v) is 5.99. The van der Waals surface area contributed by atoms with Crippen molar-refractivity contribution in [3.8, 4) is 0 Å². The van der Waals surface area contributed by atoms with E-state index in [4.69, 9.17) is 8.83 Å². The molecule has 9 heteroatoms. The van der Waals surface area contributed by atoms with Gasteiger partial charge < -0.3 is 19.5 Å². The number of carbonyl (C=O) groups excluding carboxylic acids is 3. The van der Waals surface area contributed by atoms with Gasteiger partial charge in [-0.1, -0.05) is 25.3 Å². The minimum atomic E-state index is -1.19. The maximum Gasteiger partial charge on any atom is 0.287 e. The van der Waals surface area contributed by atoms with Crippen LogP contribution in [0.15, 0.2) is 63.6 Å². The molecule has 184 valence electrons. The van der Waals surface area contributed by atoms with Crippen LogP contribution in [-0.4, -0.2) is 30.3 Å². The highest BCUT2D eigenvalue weighted by Crippen LogP contribution is 2.30. The van der Waals surface area contributed by atoms with Crippen LogP contribution in [0, 0.1) is 12.7 Å². The number of nitrogens with one attached hydrogen (secondary N) is 2. The number of benzene rings is 1. The Balaban J connectivity index is 1.65. The number of furan rings is 2. The minimum Gasteiger partial charge on any atom is -0.464 e. The fourth-order valence-corrected chi connectivity index (χ4v) is 4.30. The number of halogens is 1. The van der Waals surface area contributed by atoms with Crippen molar-refractivity contribution >= 4 is 23.4 Å². The average molecular weight is 482 g/mol. The Hall–Kier alpha value is -3.88. The first-order chi connectivity index (χ1) is 16.9. The van der Waals surface area contributed by atoms with Crippen LogP contribution in [0.4, 0.5) is 10.1 Å². The summed E-state index contributed by atoms with van der Waals surface area (Å²) >= 11 is 0. The second-order valence-corrected chi connectivity index (χ2v) is 8.60. The molecule has 3 amide bonds. The number of carbonyl (C=O) groups is 3. The summed E-state index contributed by atoms with van der Waals surface area (Å²) in [5.74, 6) is -1.35. The lowest BCUT2D eigenvalue weighted by Gasteiger charge is -2.32. The van der Waals surface area contributed by atoms with Crippen molar-refractivity contribution in [1.82, 2.24) is 10.6 Å². The Kier molecular flexibility index (Phi) is 7.64. The van der Waals surface area contributed by atoms with Gasteiger partial charge in [0.1, 0.15) is 17.3 Å². The summed E-state index contributed by atoms with van der Waals surface area (Å²) in [7, 11) is 0. The zero-order chi connectivity index (χ0) is 24.8. The summed E-state index contributed by atoms with van der Waals surface area (Å²) in [5, 5.41) is 5.55. The molecule has 2 N–H and O–H groups in total. The van der Waals surface area contributed by atoms with Gasteiger partial charge in [-0.25, -0.2) is 4.39 Å². The molecule has 1 aromatic carbocycles. The molecule has 1 aliphatic carbocycles. The maximum atomic E-state index is 14.2. The molecule has 4 rings (SSSR count). The Morgan fingerprint density at radius 3 is 2.54 bits per heavy atom. The van der Waals surface area contributed by atoms with Crippen LogP contribution in [0.25, 0.3) is 0 Å². The van der Waals surface area contributed by atoms with Crippen LogP contribution in [0.3, 0.4) is 0 Å². The van der Waals surface area contributed by atoms with Crippen LogP contribution in [0.5, 0.6) is 0 Å². The van der Waals surface area contributed by atoms with E-state index in [2.05, 4.69) is 10.6 Å². The van der Waals surface area contributed by atoms with Crippen molar-refractivity contribution in [3.63, 3.8) is 0 Å². The summed E-state index contributed by atoms with van der Waals surface area (Å²) in [4.78, 5) is 40.6. The first-order valence-electron chi connectivity index (χ1n) is 11.7. The third kappa shape index (κ3) is 5.98. The van der Waals surface area contributed by atoms with Crippen LogP contribution >= 0.6 is 0 Å². The largest absolute Gasteiger partial charge is 0.464 e. The number of nitrogens with zero attached hydrogens (tertiary/aromatic N) is 1.